The Morgan fingerprint density at radius 1 is 1.03 bits per heavy atom. The van der Waals surface area contributed by atoms with Crippen molar-refractivity contribution in [3.05, 3.63) is 35.9 Å². The molecular formula is C27H41N5O3. The van der Waals surface area contributed by atoms with E-state index < -0.39 is 0 Å². The zero-order valence-corrected chi connectivity index (χ0v) is 21.8. The van der Waals surface area contributed by atoms with Crippen molar-refractivity contribution in [1.82, 2.24) is 24.9 Å². The van der Waals surface area contributed by atoms with Crippen molar-refractivity contribution in [3.8, 4) is 0 Å². The lowest BCUT2D eigenvalue weighted by Gasteiger charge is -2.51. The smallest absolute Gasteiger partial charge is 0.321 e. The zero-order chi connectivity index (χ0) is 25.2. The fourth-order valence-electron chi connectivity index (χ4n) is 6.07. The normalized spacial score (nSPS) is 26.8. The molecule has 0 atom stereocenters. The highest BCUT2D eigenvalue weighted by atomic mass is 16.2. The number of hydrogen-bond donors (Lipinski definition) is 1. The van der Waals surface area contributed by atoms with E-state index in [0.717, 1.165) is 32.2 Å². The molecule has 192 valence electrons. The van der Waals surface area contributed by atoms with Gasteiger partial charge in [-0.25, -0.2) is 4.79 Å². The summed E-state index contributed by atoms with van der Waals surface area (Å²) in [5, 5.41) is 2.68. The SMILES string of the molecule is CN(C)C(=O)CNC(=O)CN1CC2(CCC(c3ccccc3)(N(C)C)CC2)N(CC2CCC2)C1=O. The Balaban J connectivity index is 1.50. The number of benzene rings is 1. The first-order valence-corrected chi connectivity index (χ1v) is 12.9. The van der Waals surface area contributed by atoms with Crippen molar-refractivity contribution in [2.75, 3.05) is 54.4 Å². The van der Waals surface area contributed by atoms with Crippen LogP contribution in [0.4, 0.5) is 4.79 Å². The van der Waals surface area contributed by atoms with Crippen LogP contribution in [0.3, 0.4) is 0 Å². The zero-order valence-electron chi connectivity index (χ0n) is 21.8. The maximum atomic E-state index is 13.6. The van der Waals surface area contributed by atoms with Gasteiger partial charge in [-0.1, -0.05) is 36.8 Å². The summed E-state index contributed by atoms with van der Waals surface area (Å²) >= 11 is 0. The van der Waals surface area contributed by atoms with Crippen LogP contribution in [-0.4, -0.2) is 97.4 Å². The van der Waals surface area contributed by atoms with Gasteiger partial charge in [0.15, 0.2) is 0 Å². The number of likely N-dealkylation sites (N-methyl/N-ethyl adjacent to an activating group) is 1. The lowest BCUT2D eigenvalue weighted by Crippen LogP contribution is -2.56. The minimum atomic E-state index is -0.281. The van der Waals surface area contributed by atoms with Gasteiger partial charge < -0.3 is 20.0 Å². The van der Waals surface area contributed by atoms with Gasteiger partial charge in [0.05, 0.1) is 12.1 Å². The number of hydrogen-bond acceptors (Lipinski definition) is 4. The molecule has 1 aromatic carbocycles. The van der Waals surface area contributed by atoms with Gasteiger partial charge in [0, 0.05) is 32.7 Å². The first-order chi connectivity index (χ1) is 16.7. The first kappa shape index (κ1) is 25.5. The van der Waals surface area contributed by atoms with E-state index in [1.807, 2.05) is 0 Å². The van der Waals surface area contributed by atoms with E-state index in [-0.39, 0.29) is 42.0 Å². The van der Waals surface area contributed by atoms with Crippen LogP contribution in [0.25, 0.3) is 0 Å². The van der Waals surface area contributed by atoms with Crippen LogP contribution in [-0.2, 0) is 15.1 Å². The Kier molecular flexibility index (Phi) is 7.40. The quantitative estimate of drug-likeness (QED) is 0.617. The van der Waals surface area contributed by atoms with Crippen molar-refractivity contribution in [1.29, 1.82) is 0 Å². The topological polar surface area (TPSA) is 76.2 Å². The van der Waals surface area contributed by atoms with Crippen LogP contribution in [0, 0.1) is 5.92 Å². The molecule has 0 unspecified atom stereocenters. The number of urea groups is 1. The van der Waals surface area contributed by atoms with Gasteiger partial charge in [-0.3, -0.25) is 14.5 Å². The lowest BCUT2D eigenvalue weighted by atomic mass is 9.68. The molecule has 3 fully saturated rings. The molecule has 1 heterocycles. The number of amides is 4. The maximum absolute atomic E-state index is 13.6. The van der Waals surface area contributed by atoms with Gasteiger partial charge in [0.2, 0.25) is 11.8 Å². The number of carbonyl (C=O) groups is 3. The molecule has 2 aliphatic carbocycles. The first-order valence-electron chi connectivity index (χ1n) is 12.9. The summed E-state index contributed by atoms with van der Waals surface area (Å²) in [7, 11) is 7.63. The number of carbonyl (C=O) groups excluding carboxylic acids is 3. The highest BCUT2D eigenvalue weighted by Crippen LogP contribution is 2.49. The van der Waals surface area contributed by atoms with Gasteiger partial charge >= 0.3 is 6.03 Å². The molecule has 4 amide bonds. The Hall–Kier alpha value is -2.61. The minimum Gasteiger partial charge on any atom is -0.347 e. The molecule has 4 rings (SSSR count). The summed E-state index contributed by atoms with van der Waals surface area (Å²) < 4.78 is 0. The van der Waals surface area contributed by atoms with Crippen molar-refractivity contribution >= 4 is 17.8 Å². The van der Waals surface area contributed by atoms with E-state index in [2.05, 4.69) is 59.5 Å². The van der Waals surface area contributed by atoms with Gasteiger partial charge in [0.1, 0.15) is 6.54 Å². The molecule has 8 heteroatoms. The van der Waals surface area contributed by atoms with E-state index >= 15 is 0 Å². The molecule has 0 radical (unpaired) electrons. The predicted octanol–water partition coefficient (Wildman–Crippen LogP) is 2.50. The third-order valence-electron chi connectivity index (χ3n) is 8.67. The molecule has 2 saturated carbocycles. The Morgan fingerprint density at radius 2 is 1.69 bits per heavy atom. The molecule has 0 bridgehead atoms. The van der Waals surface area contributed by atoms with Crippen molar-refractivity contribution < 1.29 is 14.4 Å². The van der Waals surface area contributed by atoms with Crippen molar-refractivity contribution in [2.45, 2.75) is 56.0 Å². The second kappa shape index (κ2) is 10.2. The van der Waals surface area contributed by atoms with E-state index in [4.69, 9.17) is 0 Å². The van der Waals surface area contributed by atoms with Crippen LogP contribution in [0.15, 0.2) is 30.3 Å². The number of nitrogens with zero attached hydrogens (tertiary/aromatic N) is 4. The minimum absolute atomic E-state index is 0.0000325. The molecule has 3 aliphatic rings. The largest absolute Gasteiger partial charge is 0.347 e. The average molecular weight is 484 g/mol. The second-order valence-corrected chi connectivity index (χ2v) is 11.1. The van der Waals surface area contributed by atoms with Gasteiger partial charge in [-0.2, -0.15) is 0 Å². The van der Waals surface area contributed by atoms with Crippen LogP contribution in [0.5, 0.6) is 0 Å². The number of rotatable bonds is 8. The summed E-state index contributed by atoms with van der Waals surface area (Å²) in [6.07, 6.45) is 7.36. The van der Waals surface area contributed by atoms with Crippen LogP contribution in [0.1, 0.15) is 50.5 Å². The van der Waals surface area contributed by atoms with E-state index in [0.29, 0.717) is 12.5 Å². The number of nitrogens with one attached hydrogen (secondary N) is 1. The fourth-order valence-corrected chi connectivity index (χ4v) is 6.07. The summed E-state index contributed by atoms with van der Waals surface area (Å²) in [4.78, 5) is 45.7. The van der Waals surface area contributed by atoms with Gasteiger partial charge in [-0.15, -0.1) is 0 Å². The third-order valence-corrected chi connectivity index (χ3v) is 8.67. The highest BCUT2D eigenvalue weighted by Gasteiger charge is 2.55. The molecular weight excluding hydrogens is 442 g/mol. The van der Waals surface area contributed by atoms with Crippen LogP contribution < -0.4 is 5.32 Å². The summed E-state index contributed by atoms with van der Waals surface area (Å²) in [6.45, 7) is 1.31. The molecule has 1 saturated heterocycles. The van der Waals surface area contributed by atoms with Crippen molar-refractivity contribution in [3.63, 3.8) is 0 Å². The van der Waals surface area contributed by atoms with E-state index in [9.17, 15) is 14.4 Å². The molecule has 1 N–H and O–H groups in total. The standard InChI is InChI=1S/C27H41N5O3/c1-29(2)24(34)17-28-23(33)19-31-20-26(32(25(31)35)18-21-9-8-10-21)13-15-27(16-14-26,30(3)4)22-11-6-5-7-12-22/h5-7,11-12,21H,8-10,13-20H2,1-4H3,(H,28,33). The van der Waals surface area contributed by atoms with Crippen molar-refractivity contribution in [2.24, 2.45) is 5.92 Å². The fraction of sp³-hybridized carbons (Fsp3) is 0.667. The molecule has 1 aliphatic heterocycles. The summed E-state index contributed by atoms with van der Waals surface area (Å²) in [6, 6.07) is 10.7. The summed E-state index contributed by atoms with van der Waals surface area (Å²) in [5.41, 5.74) is 1.05. The predicted molar refractivity (Wildman–Crippen MR) is 136 cm³/mol. The molecule has 0 aromatic heterocycles. The molecule has 1 aromatic rings. The molecule has 1 spiro atoms. The average Bonchev–Trinajstić information content (AvgIpc) is 3.05. The van der Waals surface area contributed by atoms with Crippen LogP contribution in [0.2, 0.25) is 0 Å². The highest BCUT2D eigenvalue weighted by molar-refractivity contribution is 5.88. The molecule has 8 nitrogen and oxygen atoms in total. The maximum Gasteiger partial charge on any atom is 0.321 e. The van der Waals surface area contributed by atoms with E-state index in [1.54, 1.807) is 19.0 Å². The van der Waals surface area contributed by atoms with E-state index in [1.165, 1.54) is 29.7 Å². The van der Waals surface area contributed by atoms with Gasteiger partial charge in [-0.05, 0) is 64.1 Å². The Labute approximate surface area is 209 Å². The Bertz CT molecular complexity index is 920. The van der Waals surface area contributed by atoms with Gasteiger partial charge in [0.25, 0.3) is 0 Å². The Morgan fingerprint density at radius 3 is 2.23 bits per heavy atom. The summed E-state index contributed by atoms with van der Waals surface area (Å²) in [5.74, 6) is 0.122. The van der Waals surface area contributed by atoms with Crippen LogP contribution >= 0.6 is 0 Å². The third kappa shape index (κ3) is 5.03. The monoisotopic (exact) mass is 483 g/mol. The second-order valence-electron chi connectivity index (χ2n) is 11.1. The molecule has 35 heavy (non-hydrogen) atoms. The lowest BCUT2D eigenvalue weighted by molar-refractivity contribution is -0.131.